The SMILES string of the molecule is CN(C)C(=O)NC1CCC(CCN2CCN(c3cc(Cl)ncc3Cl)CC2)CC1. The first-order chi connectivity index (χ1) is 13.4. The normalized spacial score (nSPS) is 23.5. The second-order valence-electron chi connectivity index (χ2n) is 8.14. The van der Waals surface area contributed by atoms with Crippen LogP contribution in [0.4, 0.5) is 10.5 Å². The number of carbonyl (C=O) groups excluding carboxylic acids is 1. The molecular weight excluding hydrogens is 397 g/mol. The van der Waals surface area contributed by atoms with Gasteiger partial charge in [0.2, 0.25) is 0 Å². The van der Waals surface area contributed by atoms with Crippen LogP contribution >= 0.6 is 23.2 Å². The van der Waals surface area contributed by atoms with Gasteiger partial charge in [0, 0.05) is 58.6 Å². The minimum absolute atomic E-state index is 0.0249. The van der Waals surface area contributed by atoms with Gasteiger partial charge in [-0.2, -0.15) is 0 Å². The van der Waals surface area contributed by atoms with Crippen LogP contribution in [0.2, 0.25) is 10.2 Å². The smallest absolute Gasteiger partial charge is 0.317 e. The summed E-state index contributed by atoms with van der Waals surface area (Å²) >= 11 is 12.3. The highest BCUT2D eigenvalue weighted by atomic mass is 35.5. The van der Waals surface area contributed by atoms with Gasteiger partial charge in [-0.3, -0.25) is 4.90 Å². The van der Waals surface area contributed by atoms with E-state index in [0.29, 0.717) is 16.2 Å². The molecule has 0 bridgehead atoms. The summed E-state index contributed by atoms with van der Waals surface area (Å²) in [7, 11) is 3.58. The molecule has 1 aromatic heterocycles. The molecule has 2 fully saturated rings. The van der Waals surface area contributed by atoms with Gasteiger partial charge >= 0.3 is 6.03 Å². The quantitative estimate of drug-likeness (QED) is 0.727. The Labute approximate surface area is 178 Å². The molecule has 0 unspecified atom stereocenters. The number of nitrogens with one attached hydrogen (secondary N) is 1. The summed E-state index contributed by atoms with van der Waals surface area (Å²) in [6, 6.07) is 2.22. The van der Waals surface area contributed by atoms with Crippen molar-refractivity contribution in [2.45, 2.75) is 38.1 Å². The Balaban J connectivity index is 1.36. The van der Waals surface area contributed by atoms with Gasteiger partial charge < -0.3 is 15.1 Å². The highest BCUT2D eigenvalue weighted by Crippen LogP contribution is 2.29. The summed E-state index contributed by atoms with van der Waals surface area (Å²) < 4.78 is 0. The molecule has 6 nitrogen and oxygen atoms in total. The fourth-order valence-electron chi connectivity index (χ4n) is 4.12. The third kappa shape index (κ3) is 5.88. The average molecular weight is 428 g/mol. The fourth-order valence-corrected chi connectivity index (χ4v) is 4.50. The summed E-state index contributed by atoms with van der Waals surface area (Å²) in [5, 5.41) is 4.27. The van der Waals surface area contributed by atoms with Crippen molar-refractivity contribution in [2.24, 2.45) is 5.92 Å². The van der Waals surface area contributed by atoms with Gasteiger partial charge in [-0.25, -0.2) is 9.78 Å². The van der Waals surface area contributed by atoms with Crippen molar-refractivity contribution in [3.05, 3.63) is 22.4 Å². The van der Waals surface area contributed by atoms with Crippen molar-refractivity contribution >= 4 is 34.9 Å². The van der Waals surface area contributed by atoms with Crippen LogP contribution in [0.5, 0.6) is 0 Å². The van der Waals surface area contributed by atoms with Gasteiger partial charge in [-0.05, 0) is 44.6 Å². The maximum absolute atomic E-state index is 11.8. The number of hydrogen-bond donors (Lipinski definition) is 1. The zero-order valence-corrected chi connectivity index (χ0v) is 18.3. The molecule has 1 aliphatic heterocycles. The minimum atomic E-state index is 0.0249. The summed E-state index contributed by atoms with van der Waals surface area (Å²) in [5.74, 6) is 0.777. The Morgan fingerprint density at radius 1 is 1.18 bits per heavy atom. The molecule has 1 N–H and O–H groups in total. The number of anilines is 1. The first kappa shape index (κ1) is 21.5. The standard InChI is InChI=1S/C20H31Cl2N5O/c1-25(2)20(28)24-16-5-3-15(4-6-16)7-8-26-9-11-27(12-10-26)18-13-19(22)23-14-17(18)21/h13-16H,3-12H2,1-2H3,(H,24,28). The monoisotopic (exact) mass is 427 g/mol. The number of halogens is 2. The average Bonchev–Trinajstić information content (AvgIpc) is 2.69. The van der Waals surface area contributed by atoms with Gasteiger partial charge in [0.1, 0.15) is 5.15 Å². The number of urea groups is 1. The van der Waals surface area contributed by atoms with Crippen molar-refractivity contribution in [3.63, 3.8) is 0 Å². The van der Waals surface area contributed by atoms with Crippen molar-refractivity contribution in [3.8, 4) is 0 Å². The van der Waals surface area contributed by atoms with Crippen molar-refractivity contribution in [1.82, 2.24) is 20.1 Å². The Hall–Kier alpha value is -1.24. The lowest BCUT2D eigenvalue weighted by atomic mass is 9.84. The number of amides is 2. The summed E-state index contributed by atoms with van der Waals surface area (Å²) in [4.78, 5) is 22.3. The number of rotatable bonds is 5. The molecule has 2 aliphatic rings. The molecule has 0 radical (unpaired) electrons. The molecule has 0 atom stereocenters. The second-order valence-corrected chi connectivity index (χ2v) is 8.93. The molecule has 2 amide bonds. The van der Waals surface area contributed by atoms with Gasteiger partial charge in [-0.15, -0.1) is 0 Å². The lowest BCUT2D eigenvalue weighted by molar-refractivity contribution is 0.194. The second kappa shape index (κ2) is 9.99. The van der Waals surface area contributed by atoms with Crippen LogP contribution in [0.25, 0.3) is 0 Å². The van der Waals surface area contributed by atoms with E-state index in [1.54, 1.807) is 25.2 Å². The van der Waals surface area contributed by atoms with E-state index in [9.17, 15) is 4.79 Å². The van der Waals surface area contributed by atoms with E-state index in [-0.39, 0.29) is 6.03 Å². The molecule has 1 aliphatic carbocycles. The summed E-state index contributed by atoms with van der Waals surface area (Å²) in [6.07, 6.45) is 7.49. The number of hydrogen-bond acceptors (Lipinski definition) is 4. The van der Waals surface area contributed by atoms with Gasteiger partial charge in [0.25, 0.3) is 0 Å². The Morgan fingerprint density at radius 2 is 1.86 bits per heavy atom. The van der Waals surface area contributed by atoms with Crippen LogP contribution in [-0.4, -0.2) is 73.7 Å². The molecule has 0 aromatic carbocycles. The van der Waals surface area contributed by atoms with Crippen LogP contribution in [-0.2, 0) is 0 Å². The van der Waals surface area contributed by atoms with Crippen molar-refractivity contribution in [1.29, 1.82) is 0 Å². The zero-order valence-electron chi connectivity index (χ0n) is 16.8. The minimum Gasteiger partial charge on any atom is -0.368 e. The third-order valence-electron chi connectivity index (χ3n) is 5.95. The highest BCUT2D eigenvalue weighted by Gasteiger charge is 2.24. The summed E-state index contributed by atoms with van der Waals surface area (Å²) in [6.45, 7) is 5.17. The first-order valence-electron chi connectivity index (χ1n) is 10.2. The highest BCUT2D eigenvalue weighted by molar-refractivity contribution is 6.34. The van der Waals surface area contributed by atoms with Gasteiger partial charge in [0.15, 0.2) is 0 Å². The molecule has 28 heavy (non-hydrogen) atoms. The molecule has 8 heteroatoms. The molecule has 156 valence electrons. The van der Waals surface area contributed by atoms with E-state index in [1.807, 2.05) is 6.07 Å². The maximum atomic E-state index is 11.8. The topological polar surface area (TPSA) is 51.7 Å². The third-order valence-corrected chi connectivity index (χ3v) is 6.45. The molecule has 1 saturated heterocycles. The first-order valence-corrected chi connectivity index (χ1v) is 10.9. The zero-order chi connectivity index (χ0) is 20.1. The number of pyridine rings is 1. The largest absolute Gasteiger partial charge is 0.368 e. The van der Waals surface area contributed by atoms with Crippen LogP contribution in [0.3, 0.4) is 0 Å². The van der Waals surface area contributed by atoms with Crippen LogP contribution < -0.4 is 10.2 Å². The Kier molecular flexibility index (Phi) is 7.66. The molecule has 1 saturated carbocycles. The number of carbonyl (C=O) groups is 1. The van der Waals surface area contributed by atoms with E-state index in [0.717, 1.165) is 57.2 Å². The Bertz CT molecular complexity index is 656. The number of nitrogens with zero attached hydrogens (tertiary/aromatic N) is 4. The van der Waals surface area contributed by atoms with Crippen LogP contribution in [0.15, 0.2) is 12.3 Å². The van der Waals surface area contributed by atoms with E-state index in [4.69, 9.17) is 23.2 Å². The van der Waals surface area contributed by atoms with Crippen LogP contribution in [0, 0.1) is 5.92 Å². The van der Waals surface area contributed by atoms with Crippen LogP contribution in [0.1, 0.15) is 32.1 Å². The summed E-state index contributed by atoms with van der Waals surface area (Å²) in [5.41, 5.74) is 0.986. The molecule has 3 rings (SSSR count). The number of aromatic nitrogens is 1. The Morgan fingerprint density at radius 3 is 2.50 bits per heavy atom. The lowest BCUT2D eigenvalue weighted by Gasteiger charge is -2.37. The molecule has 2 heterocycles. The van der Waals surface area contributed by atoms with E-state index in [2.05, 4.69) is 20.1 Å². The van der Waals surface area contributed by atoms with Gasteiger partial charge in [0.05, 0.1) is 10.7 Å². The predicted octanol–water partition coefficient (Wildman–Crippen LogP) is 3.73. The van der Waals surface area contributed by atoms with Gasteiger partial charge in [-0.1, -0.05) is 23.2 Å². The number of piperazine rings is 1. The van der Waals surface area contributed by atoms with E-state index in [1.165, 1.54) is 19.3 Å². The van der Waals surface area contributed by atoms with Crippen molar-refractivity contribution in [2.75, 3.05) is 51.7 Å². The fraction of sp³-hybridized carbons (Fsp3) is 0.700. The lowest BCUT2D eigenvalue weighted by Crippen LogP contribution is -2.47. The van der Waals surface area contributed by atoms with E-state index >= 15 is 0 Å². The predicted molar refractivity (Wildman–Crippen MR) is 115 cm³/mol. The van der Waals surface area contributed by atoms with E-state index < -0.39 is 0 Å². The molecular formula is C20H31Cl2N5O. The maximum Gasteiger partial charge on any atom is 0.317 e. The van der Waals surface area contributed by atoms with Crippen molar-refractivity contribution < 1.29 is 4.79 Å². The molecule has 0 spiro atoms. The molecule has 1 aromatic rings.